The Kier molecular flexibility index (Phi) is 21.4. The molecule has 6 heterocycles. The van der Waals surface area contributed by atoms with Gasteiger partial charge < -0.3 is 26.6 Å². The quantitative estimate of drug-likeness (QED) is 0.0237. The van der Waals surface area contributed by atoms with Gasteiger partial charge in [0.25, 0.3) is 0 Å². The first kappa shape index (κ1) is 62.6. The van der Waals surface area contributed by atoms with Crippen molar-refractivity contribution in [1.82, 2.24) is 40.5 Å². The van der Waals surface area contributed by atoms with E-state index in [9.17, 15) is 69.5 Å². The molecule has 0 fully saturated rings. The van der Waals surface area contributed by atoms with Crippen molar-refractivity contribution < 1.29 is 99.2 Å². The zero-order valence-electron chi connectivity index (χ0n) is 36.7. The summed E-state index contributed by atoms with van der Waals surface area (Å²) in [7, 11) is -21.3. The van der Waals surface area contributed by atoms with Gasteiger partial charge in [0.1, 0.15) is 18.6 Å². The van der Waals surface area contributed by atoms with Gasteiger partial charge in [-0.2, -0.15) is 0 Å². The Balaban J connectivity index is 0.000000378. The molecule has 0 aliphatic heterocycles. The molecular formula is C42H39F12N9O6P2RuS. The number of carboxylic acids is 2. The Labute approximate surface area is 422 Å². The summed E-state index contributed by atoms with van der Waals surface area (Å²) in [4.78, 5) is 72.7. The molecule has 7 rings (SSSR count). The fraction of sp³-hybridized carbons (Fsp3) is 0.143. The third-order valence-corrected chi connectivity index (χ3v) is 9.12. The first-order valence-corrected chi connectivity index (χ1v) is 24.9. The molecule has 73 heavy (non-hydrogen) atoms. The van der Waals surface area contributed by atoms with E-state index >= 15 is 0 Å². The summed E-state index contributed by atoms with van der Waals surface area (Å²) in [6.45, 7) is -0.600. The number of thioether (sulfide) groups is 1. The van der Waals surface area contributed by atoms with Crippen LogP contribution in [0.2, 0.25) is 0 Å². The van der Waals surface area contributed by atoms with Crippen LogP contribution in [-0.4, -0.2) is 88.3 Å². The maximum atomic E-state index is 12.5. The summed E-state index contributed by atoms with van der Waals surface area (Å²) in [6, 6.07) is 30.5. The smallest absolute Gasteiger partial charge is 0.480 e. The number of hydrogen-bond acceptors (Lipinski definition) is 12. The van der Waals surface area contributed by atoms with E-state index in [1.165, 1.54) is 11.8 Å². The molecule has 6 N–H and O–H groups in total. The largest absolute Gasteiger partial charge is 2.00 e. The van der Waals surface area contributed by atoms with E-state index in [1.54, 1.807) is 37.2 Å². The maximum absolute atomic E-state index is 12.5. The van der Waals surface area contributed by atoms with Gasteiger partial charge in [-0.25, -0.2) is 0 Å². The van der Waals surface area contributed by atoms with E-state index in [0.717, 1.165) is 49.5 Å². The molecule has 0 spiro atoms. The predicted octanol–water partition coefficient (Wildman–Crippen LogP) is 11.8. The molecule has 6 aromatic heterocycles. The fourth-order valence-corrected chi connectivity index (χ4v) is 6.11. The van der Waals surface area contributed by atoms with E-state index in [0.29, 0.717) is 0 Å². The molecule has 396 valence electrons. The SMILES string of the molecule is F[P-](F)(F)(F)(F)F.F[P-](F)(F)(F)(F)F.N[C@@H](CCC(=O)N[C@@H](CSc1cnc2c(ccc3cccnc32)c1)C(=O)NCC(=O)O)C(=O)O.[Ru+2].c1ccc(-c2ccccn2)nc1.c1ccc(-c2ccccn2)nc1. The van der Waals surface area contributed by atoms with Crippen LogP contribution in [0.3, 0.4) is 0 Å². The van der Waals surface area contributed by atoms with Gasteiger partial charge in [0.2, 0.25) is 11.8 Å². The van der Waals surface area contributed by atoms with E-state index in [1.807, 2.05) is 103 Å². The van der Waals surface area contributed by atoms with Gasteiger partial charge in [0.05, 0.1) is 33.8 Å². The molecule has 0 saturated carbocycles. The minimum Gasteiger partial charge on any atom is -0.480 e. The monoisotopic (exact) mass is 1190 g/mol. The van der Waals surface area contributed by atoms with Crippen molar-refractivity contribution >= 4 is 72.9 Å². The molecule has 1 aromatic carbocycles. The van der Waals surface area contributed by atoms with E-state index in [-0.39, 0.29) is 38.1 Å². The number of hydrogen-bond donors (Lipinski definition) is 5. The third-order valence-electron chi connectivity index (χ3n) is 8.06. The molecule has 0 saturated heterocycles. The molecule has 0 aliphatic carbocycles. The Hall–Kier alpha value is -6.53. The Bertz CT molecular complexity index is 2720. The first-order valence-electron chi connectivity index (χ1n) is 19.9. The zero-order chi connectivity index (χ0) is 53.9. The number of nitrogens with one attached hydrogen (secondary N) is 2. The minimum atomic E-state index is -10.7. The van der Waals surface area contributed by atoms with Crippen LogP contribution < -0.4 is 16.4 Å². The van der Waals surface area contributed by atoms with Gasteiger partial charge in [0, 0.05) is 65.0 Å². The average molecular weight is 1190 g/mol. The van der Waals surface area contributed by atoms with Crippen LogP contribution in [0.5, 0.6) is 0 Å². The molecule has 0 radical (unpaired) electrons. The number of amides is 2. The number of nitrogens with two attached hydrogens (primary N) is 1. The van der Waals surface area contributed by atoms with Crippen LogP contribution in [0.1, 0.15) is 12.8 Å². The number of carboxylic acid groups (broad SMARTS) is 2. The average Bonchev–Trinajstić information content (AvgIpc) is 3.30. The van der Waals surface area contributed by atoms with Crippen molar-refractivity contribution in [2.24, 2.45) is 5.73 Å². The Morgan fingerprint density at radius 2 is 0.986 bits per heavy atom. The number of nitrogens with zero attached hydrogens (tertiary/aromatic N) is 6. The van der Waals surface area contributed by atoms with Crippen molar-refractivity contribution in [3.63, 3.8) is 0 Å². The number of halogens is 12. The number of carbonyl (C=O) groups is 4. The van der Waals surface area contributed by atoms with Crippen LogP contribution in [-0.2, 0) is 38.7 Å². The topological polar surface area (TPSA) is 236 Å². The zero-order valence-corrected chi connectivity index (χ0v) is 41.1. The van der Waals surface area contributed by atoms with Gasteiger partial charge >= 0.3 is 97.4 Å². The number of carbonyl (C=O) groups excluding carboxylic acids is 2. The van der Waals surface area contributed by atoms with Gasteiger partial charge in [-0.3, -0.25) is 49.1 Å². The van der Waals surface area contributed by atoms with Crippen molar-refractivity contribution in [3.05, 3.63) is 140 Å². The maximum Gasteiger partial charge on any atom is 2.00 e. The molecule has 7 aromatic rings. The van der Waals surface area contributed by atoms with Crippen molar-refractivity contribution in [2.45, 2.75) is 29.8 Å². The summed E-state index contributed by atoms with van der Waals surface area (Å²) in [5.74, 6) is -3.60. The normalized spacial score (nSPS) is 13.5. The van der Waals surface area contributed by atoms with Crippen molar-refractivity contribution in [3.8, 4) is 22.8 Å². The second-order valence-corrected chi connectivity index (χ2v) is 19.1. The van der Waals surface area contributed by atoms with Gasteiger partial charge in [-0.1, -0.05) is 42.5 Å². The Morgan fingerprint density at radius 3 is 1.38 bits per heavy atom. The Morgan fingerprint density at radius 1 is 0.575 bits per heavy atom. The number of benzene rings is 1. The number of fused-ring (bicyclic) bond motifs is 3. The molecule has 0 bridgehead atoms. The summed E-state index contributed by atoms with van der Waals surface area (Å²) in [5, 5.41) is 24.2. The molecule has 0 unspecified atom stereocenters. The molecular weight excluding hydrogens is 1150 g/mol. The second kappa shape index (κ2) is 24.9. The van der Waals surface area contributed by atoms with Crippen LogP contribution in [0.25, 0.3) is 44.6 Å². The van der Waals surface area contributed by atoms with Gasteiger partial charge in [-0.05, 0) is 67.1 Å². The molecule has 31 heteroatoms. The number of pyridine rings is 6. The predicted molar refractivity (Wildman–Crippen MR) is 247 cm³/mol. The molecule has 2 amide bonds. The van der Waals surface area contributed by atoms with Crippen molar-refractivity contribution in [1.29, 1.82) is 0 Å². The number of aliphatic carboxylic acids is 2. The van der Waals surface area contributed by atoms with Gasteiger partial charge in [-0.15, -0.1) is 11.8 Å². The fourth-order valence-electron chi connectivity index (χ4n) is 5.18. The standard InChI is InChI=1S/C22H23N5O6S.2C10H8N2.2F6P.Ru/c23-15(22(32)33)5-6-17(28)27-16(21(31)26-10-18(29)30)11-34-14-8-13-4-3-12-2-1-7-24-19(12)20(13)25-9-14;2*1-3-7-11-9(5-1)10-6-2-4-8-12-10;2*1-7(2,3,4,5)6;/h1-4,7-9,15-16H,5-6,10-11,23H2,(H,26,31)(H,27,28)(H,29,30)(H,32,33);2*1-8H;;;/q;;;2*-1;+2/t15-,16-;;;;;/m0...../s1. The van der Waals surface area contributed by atoms with E-state index < -0.39 is 58.0 Å². The van der Waals surface area contributed by atoms with Crippen LogP contribution in [0.15, 0.2) is 145 Å². The molecule has 15 nitrogen and oxygen atoms in total. The second-order valence-electron chi connectivity index (χ2n) is 14.2. The van der Waals surface area contributed by atoms with Crippen LogP contribution >= 0.6 is 27.4 Å². The van der Waals surface area contributed by atoms with Crippen molar-refractivity contribution in [2.75, 3.05) is 12.3 Å². The van der Waals surface area contributed by atoms with E-state index in [2.05, 4.69) is 40.5 Å². The molecule has 0 aliphatic rings. The number of aromatic nitrogens is 6. The summed E-state index contributed by atoms with van der Waals surface area (Å²) >= 11 is 1.26. The van der Waals surface area contributed by atoms with Crippen LogP contribution in [0, 0.1) is 0 Å². The first-order chi connectivity index (χ1) is 33.1. The van der Waals surface area contributed by atoms with Crippen LogP contribution in [0.4, 0.5) is 50.4 Å². The molecule has 2 atom stereocenters. The van der Waals surface area contributed by atoms with E-state index in [4.69, 9.17) is 15.9 Å². The minimum absolute atomic E-state index is 0. The third kappa shape index (κ3) is 30.2. The number of rotatable bonds is 13. The summed E-state index contributed by atoms with van der Waals surface area (Å²) in [6.07, 6.45) is 10.1. The van der Waals surface area contributed by atoms with Gasteiger partial charge in [0.15, 0.2) is 0 Å². The summed E-state index contributed by atoms with van der Waals surface area (Å²) in [5.41, 5.74) is 10.6. The summed E-state index contributed by atoms with van der Waals surface area (Å²) < 4.78 is 118.